The molecule has 1 amide bonds. The average Bonchev–Trinajstić information content (AvgIpc) is 3.16. The number of oxazole rings is 1. The van der Waals surface area contributed by atoms with Crippen LogP contribution in [0.15, 0.2) is 34.9 Å². The predicted octanol–water partition coefficient (Wildman–Crippen LogP) is 3.34. The van der Waals surface area contributed by atoms with Gasteiger partial charge in [0.05, 0.1) is 0 Å². The molecule has 28 heavy (non-hydrogen) atoms. The summed E-state index contributed by atoms with van der Waals surface area (Å²) in [7, 11) is 2.16. The second-order valence-corrected chi connectivity index (χ2v) is 8.04. The Labute approximate surface area is 164 Å². The van der Waals surface area contributed by atoms with E-state index in [9.17, 15) is 9.18 Å². The Morgan fingerprint density at radius 3 is 2.71 bits per heavy atom. The summed E-state index contributed by atoms with van der Waals surface area (Å²) >= 11 is 0. The van der Waals surface area contributed by atoms with Crippen LogP contribution in [0.4, 0.5) is 4.39 Å². The van der Waals surface area contributed by atoms with E-state index in [2.05, 4.69) is 16.9 Å². The fraction of sp³-hybridized carbons (Fsp3) is 0.524. The van der Waals surface area contributed by atoms with Crippen LogP contribution in [0.5, 0.6) is 5.75 Å². The van der Waals surface area contributed by atoms with E-state index in [0.29, 0.717) is 17.3 Å². The summed E-state index contributed by atoms with van der Waals surface area (Å²) in [6.07, 6.45) is 5.97. The molecular formula is C21H26FN3O3. The average molecular weight is 387 g/mol. The van der Waals surface area contributed by atoms with E-state index in [4.69, 9.17) is 9.15 Å². The Hall–Kier alpha value is -2.41. The number of nitrogens with zero attached hydrogens (tertiary/aromatic N) is 3. The minimum absolute atomic E-state index is 0.0796. The number of halogens is 1. The van der Waals surface area contributed by atoms with Crippen molar-refractivity contribution in [3.05, 3.63) is 47.9 Å². The molecule has 0 bridgehead atoms. The smallest absolute Gasteiger partial charge is 0.275 e. The maximum absolute atomic E-state index is 12.9. The van der Waals surface area contributed by atoms with Crippen molar-refractivity contribution in [2.45, 2.75) is 32.3 Å². The molecule has 150 valence electrons. The van der Waals surface area contributed by atoms with Crippen LogP contribution in [0, 0.1) is 11.2 Å². The normalized spacial score (nSPS) is 23.1. The van der Waals surface area contributed by atoms with Crippen molar-refractivity contribution < 1.29 is 18.3 Å². The lowest BCUT2D eigenvalue weighted by Crippen LogP contribution is -2.52. The first-order chi connectivity index (χ1) is 13.5. The molecule has 2 aromatic rings. The standard InChI is InChI=1S/C21H26FN3O3/c1-24-10-2-8-21(14-24)9-3-11-25(15-21)20(26)18-12-28-19(23-18)13-27-17-6-4-16(22)5-7-17/h4-7,12H,2-3,8-11,13-15H2,1H3/t21-/m0/s1. The molecule has 2 fully saturated rings. The van der Waals surface area contributed by atoms with Gasteiger partial charge in [-0.3, -0.25) is 4.79 Å². The highest BCUT2D eigenvalue weighted by atomic mass is 19.1. The first-order valence-electron chi connectivity index (χ1n) is 9.84. The van der Waals surface area contributed by atoms with Gasteiger partial charge >= 0.3 is 0 Å². The van der Waals surface area contributed by atoms with E-state index in [-0.39, 0.29) is 23.7 Å². The molecule has 1 aromatic carbocycles. The monoisotopic (exact) mass is 387 g/mol. The highest BCUT2D eigenvalue weighted by Gasteiger charge is 2.40. The molecule has 3 heterocycles. The summed E-state index contributed by atoms with van der Waals surface area (Å²) in [5.74, 6) is 0.451. The molecular weight excluding hydrogens is 361 g/mol. The molecule has 1 atom stereocenters. The fourth-order valence-electron chi connectivity index (χ4n) is 4.48. The molecule has 7 heteroatoms. The van der Waals surface area contributed by atoms with Crippen LogP contribution in [-0.4, -0.2) is 53.9 Å². The number of hydrogen-bond acceptors (Lipinski definition) is 5. The van der Waals surface area contributed by atoms with Crippen LogP contribution >= 0.6 is 0 Å². The summed E-state index contributed by atoms with van der Waals surface area (Å²) in [6, 6.07) is 5.74. The number of benzene rings is 1. The maximum atomic E-state index is 12.9. The van der Waals surface area contributed by atoms with Crippen molar-refractivity contribution in [2.75, 3.05) is 33.2 Å². The van der Waals surface area contributed by atoms with Crippen molar-refractivity contribution in [3.63, 3.8) is 0 Å². The molecule has 6 nitrogen and oxygen atoms in total. The van der Waals surface area contributed by atoms with Gasteiger partial charge < -0.3 is 19.0 Å². The summed E-state index contributed by atoms with van der Waals surface area (Å²) in [4.78, 5) is 21.5. The SMILES string of the molecule is CN1CCC[C@]2(CCCN(C(=O)c3coc(COc4ccc(F)cc4)n3)C2)C1. The summed E-state index contributed by atoms with van der Waals surface area (Å²) in [5, 5.41) is 0. The number of likely N-dealkylation sites (tertiary alicyclic amines) is 2. The van der Waals surface area contributed by atoms with Gasteiger partial charge in [-0.1, -0.05) is 0 Å². The molecule has 0 aliphatic carbocycles. The Kier molecular flexibility index (Phi) is 5.35. The largest absolute Gasteiger partial charge is 0.484 e. The lowest BCUT2D eigenvalue weighted by atomic mass is 9.74. The Morgan fingerprint density at radius 1 is 1.21 bits per heavy atom. The second-order valence-electron chi connectivity index (χ2n) is 8.04. The van der Waals surface area contributed by atoms with Gasteiger partial charge in [0, 0.05) is 25.0 Å². The van der Waals surface area contributed by atoms with Crippen molar-refractivity contribution in [3.8, 4) is 5.75 Å². The molecule has 1 spiro atoms. The van der Waals surface area contributed by atoms with Gasteiger partial charge in [-0.2, -0.15) is 0 Å². The predicted molar refractivity (Wildman–Crippen MR) is 102 cm³/mol. The number of rotatable bonds is 4. The number of amides is 1. The van der Waals surface area contributed by atoms with Crippen molar-refractivity contribution in [2.24, 2.45) is 5.41 Å². The molecule has 2 aliphatic heterocycles. The number of ether oxygens (including phenoxy) is 1. The Bertz CT molecular complexity index is 819. The van der Waals surface area contributed by atoms with Crippen LogP contribution in [0.25, 0.3) is 0 Å². The fourth-order valence-corrected chi connectivity index (χ4v) is 4.48. The molecule has 0 N–H and O–H groups in total. The number of carbonyl (C=O) groups is 1. The Morgan fingerprint density at radius 2 is 1.96 bits per heavy atom. The van der Waals surface area contributed by atoms with Gasteiger partial charge in [-0.25, -0.2) is 9.37 Å². The van der Waals surface area contributed by atoms with E-state index < -0.39 is 0 Å². The third kappa shape index (κ3) is 4.19. The molecule has 0 unspecified atom stereocenters. The quantitative estimate of drug-likeness (QED) is 0.805. The van der Waals surface area contributed by atoms with Crippen LogP contribution in [-0.2, 0) is 6.61 Å². The first-order valence-corrected chi connectivity index (χ1v) is 9.84. The van der Waals surface area contributed by atoms with E-state index in [1.807, 2.05) is 4.90 Å². The second kappa shape index (κ2) is 7.91. The zero-order valence-corrected chi connectivity index (χ0v) is 16.2. The number of aromatic nitrogens is 1. The van der Waals surface area contributed by atoms with E-state index >= 15 is 0 Å². The van der Waals surface area contributed by atoms with Gasteiger partial charge in [-0.05, 0) is 63.5 Å². The number of piperidine rings is 2. The lowest BCUT2D eigenvalue weighted by Gasteiger charge is -2.47. The van der Waals surface area contributed by atoms with Gasteiger partial charge in [0.25, 0.3) is 5.91 Å². The Balaban J connectivity index is 1.37. The molecule has 0 saturated carbocycles. The summed E-state index contributed by atoms with van der Waals surface area (Å²) < 4.78 is 23.9. The molecule has 0 radical (unpaired) electrons. The van der Waals surface area contributed by atoms with Gasteiger partial charge in [-0.15, -0.1) is 0 Å². The summed E-state index contributed by atoms with van der Waals surface area (Å²) in [6.45, 7) is 3.82. The third-order valence-electron chi connectivity index (χ3n) is 5.75. The number of hydrogen-bond donors (Lipinski definition) is 0. The molecule has 1 aromatic heterocycles. The minimum atomic E-state index is -0.320. The number of carbonyl (C=O) groups excluding carboxylic acids is 1. The van der Waals surface area contributed by atoms with Crippen LogP contribution in [0.3, 0.4) is 0 Å². The highest BCUT2D eigenvalue weighted by Crippen LogP contribution is 2.38. The van der Waals surface area contributed by atoms with Gasteiger partial charge in [0.15, 0.2) is 12.3 Å². The van der Waals surface area contributed by atoms with E-state index in [1.54, 1.807) is 12.1 Å². The van der Waals surface area contributed by atoms with Crippen molar-refractivity contribution in [1.82, 2.24) is 14.8 Å². The molecule has 2 saturated heterocycles. The van der Waals surface area contributed by atoms with Crippen LogP contribution in [0.1, 0.15) is 42.1 Å². The van der Waals surface area contributed by atoms with Gasteiger partial charge in [0.1, 0.15) is 17.8 Å². The van der Waals surface area contributed by atoms with E-state index in [1.165, 1.54) is 37.7 Å². The van der Waals surface area contributed by atoms with Crippen LogP contribution < -0.4 is 4.74 Å². The summed E-state index contributed by atoms with van der Waals surface area (Å²) in [5.41, 5.74) is 0.526. The minimum Gasteiger partial charge on any atom is -0.484 e. The van der Waals surface area contributed by atoms with Gasteiger partial charge in [0.2, 0.25) is 5.89 Å². The van der Waals surface area contributed by atoms with Crippen molar-refractivity contribution >= 4 is 5.91 Å². The van der Waals surface area contributed by atoms with Crippen LogP contribution in [0.2, 0.25) is 0 Å². The molecule has 4 rings (SSSR count). The maximum Gasteiger partial charge on any atom is 0.275 e. The molecule has 2 aliphatic rings. The van der Waals surface area contributed by atoms with Crippen molar-refractivity contribution in [1.29, 1.82) is 0 Å². The topological polar surface area (TPSA) is 58.8 Å². The lowest BCUT2D eigenvalue weighted by molar-refractivity contribution is 0.0203. The zero-order chi connectivity index (χ0) is 19.6. The zero-order valence-electron chi connectivity index (χ0n) is 16.2. The first kappa shape index (κ1) is 18.9. The van der Waals surface area contributed by atoms with E-state index in [0.717, 1.165) is 32.6 Å². The highest BCUT2D eigenvalue weighted by molar-refractivity contribution is 5.92. The third-order valence-corrected chi connectivity index (χ3v) is 5.75.